The summed E-state index contributed by atoms with van der Waals surface area (Å²) in [6.07, 6.45) is 2.00. The number of anilines is 1. The number of fused-ring (bicyclic) bond motifs is 1. The summed E-state index contributed by atoms with van der Waals surface area (Å²) in [7, 11) is 3.49. The Hall–Kier alpha value is -2.57. The van der Waals surface area contributed by atoms with Crippen molar-refractivity contribution in [2.75, 3.05) is 52.3 Å². The highest BCUT2D eigenvalue weighted by Gasteiger charge is 2.15. The SMILES string of the molecule is CN=C(NCCN1CCc2ccccc2C1)Nc1cccc(OCCCOC)c1. The van der Waals surface area contributed by atoms with Gasteiger partial charge in [0.25, 0.3) is 0 Å². The zero-order valence-electron chi connectivity index (χ0n) is 17.5. The van der Waals surface area contributed by atoms with Gasteiger partial charge < -0.3 is 20.1 Å². The fraction of sp³-hybridized carbons (Fsp3) is 0.435. The molecule has 0 saturated heterocycles. The van der Waals surface area contributed by atoms with Gasteiger partial charge in [-0.1, -0.05) is 30.3 Å². The zero-order chi connectivity index (χ0) is 20.3. The molecule has 1 aliphatic heterocycles. The summed E-state index contributed by atoms with van der Waals surface area (Å²) in [5.41, 5.74) is 3.89. The highest BCUT2D eigenvalue weighted by Crippen LogP contribution is 2.18. The molecule has 2 aromatic rings. The van der Waals surface area contributed by atoms with Crippen molar-refractivity contribution >= 4 is 11.6 Å². The first-order chi connectivity index (χ1) is 14.3. The number of benzene rings is 2. The minimum atomic E-state index is 0.642. The minimum absolute atomic E-state index is 0.642. The van der Waals surface area contributed by atoms with Crippen LogP contribution in [0.4, 0.5) is 5.69 Å². The number of nitrogens with one attached hydrogen (secondary N) is 2. The van der Waals surface area contributed by atoms with Crippen LogP contribution in [0.3, 0.4) is 0 Å². The molecule has 3 rings (SSSR count). The van der Waals surface area contributed by atoms with Crippen LogP contribution in [0.2, 0.25) is 0 Å². The van der Waals surface area contributed by atoms with E-state index in [1.54, 1.807) is 14.2 Å². The first kappa shape index (κ1) is 21.1. The van der Waals surface area contributed by atoms with Crippen LogP contribution >= 0.6 is 0 Å². The van der Waals surface area contributed by atoms with Gasteiger partial charge in [0.2, 0.25) is 0 Å². The summed E-state index contributed by atoms with van der Waals surface area (Å²) >= 11 is 0. The van der Waals surface area contributed by atoms with E-state index in [-0.39, 0.29) is 0 Å². The zero-order valence-corrected chi connectivity index (χ0v) is 17.5. The quantitative estimate of drug-likeness (QED) is 0.387. The maximum atomic E-state index is 5.77. The molecule has 2 N–H and O–H groups in total. The van der Waals surface area contributed by atoms with Crippen LogP contribution in [0, 0.1) is 0 Å². The van der Waals surface area contributed by atoms with Crippen molar-refractivity contribution < 1.29 is 9.47 Å². The Morgan fingerprint density at radius 3 is 2.79 bits per heavy atom. The van der Waals surface area contributed by atoms with Crippen LogP contribution in [0.25, 0.3) is 0 Å². The van der Waals surface area contributed by atoms with E-state index >= 15 is 0 Å². The standard InChI is InChI=1S/C23H32N4O2/c1-24-23(26-21-9-5-10-22(17-21)29-16-6-15-28-2)25-12-14-27-13-11-19-7-3-4-8-20(19)18-27/h3-5,7-10,17H,6,11-16,18H2,1-2H3,(H2,24,25,26). The number of ether oxygens (including phenoxy) is 2. The van der Waals surface area contributed by atoms with Crippen molar-refractivity contribution in [2.45, 2.75) is 19.4 Å². The lowest BCUT2D eigenvalue weighted by Crippen LogP contribution is -2.39. The molecule has 156 valence electrons. The fourth-order valence-corrected chi connectivity index (χ4v) is 3.45. The lowest BCUT2D eigenvalue weighted by Gasteiger charge is -2.28. The van der Waals surface area contributed by atoms with Gasteiger partial charge in [-0.3, -0.25) is 9.89 Å². The van der Waals surface area contributed by atoms with Gasteiger partial charge in [-0.05, 0) is 29.7 Å². The van der Waals surface area contributed by atoms with Crippen LogP contribution in [0.5, 0.6) is 5.75 Å². The number of aliphatic imine (C=N–C) groups is 1. The van der Waals surface area contributed by atoms with Crippen LogP contribution in [0.1, 0.15) is 17.5 Å². The number of methoxy groups -OCH3 is 1. The van der Waals surface area contributed by atoms with E-state index in [1.165, 1.54) is 11.1 Å². The third-order valence-electron chi connectivity index (χ3n) is 5.01. The largest absolute Gasteiger partial charge is 0.493 e. The highest BCUT2D eigenvalue weighted by atomic mass is 16.5. The van der Waals surface area contributed by atoms with Crippen LogP contribution < -0.4 is 15.4 Å². The molecular weight excluding hydrogens is 364 g/mol. The summed E-state index contributed by atoms with van der Waals surface area (Å²) in [6, 6.07) is 16.7. The predicted octanol–water partition coefficient (Wildman–Crippen LogP) is 3.15. The van der Waals surface area contributed by atoms with Gasteiger partial charge in [-0.15, -0.1) is 0 Å². The second-order valence-electron chi connectivity index (χ2n) is 7.14. The van der Waals surface area contributed by atoms with Gasteiger partial charge in [0.1, 0.15) is 5.75 Å². The molecule has 1 heterocycles. The summed E-state index contributed by atoms with van der Waals surface area (Å²) in [5, 5.41) is 6.75. The van der Waals surface area contributed by atoms with Crippen molar-refractivity contribution in [3.8, 4) is 5.75 Å². The van der Waals surface area contributed by atoms with Crippen molar-refractivity contribution in [2.24, 2.45) is 4.99 Å². The van der Waals surface area contributed by atoms with Crippen molar-refractivity contribution in [3.05, 3.63) is 59.7 Å². The van der Waals surface area contributed by atoms with Crippen molar-refractivity contribution in [1.82, 2.24) is 10.2 Å². The highest BCUT2D eigenvalue weighted by molar-refractivity contribution is 5.93. The molecule has 6 heteroatoms. The molecular formula is C23H32N4O2. The minimum Gasteiger partial charge on any atom is -0.493 e. The molecule has 0 amide bonds. The monoisotopic (exact) mass is 396 g/mol. The molecule has 0 saturated carbocycles. The van der Waals surface area contributed by atoms with E-state index in [2.05, 4.69) is 44.8 Å². The fourth-order valence-electron chi connectivity index (χ4n) is 3.45. The normalized spacial score (nSPS) is 14.3. The number of nitrogens with zero attached hydrogens (tertiary/aromatic N) is 2. The second kappa shape index (κ2) is 11.4. The van der Waals surface area contributed by atoms with Crippen molar-refractivity contribution in [3.63, 3.8) is 0 Å². The van der Waals surface area contributed by atoms with Gasteiger partial charge in [-0.25, -0.2) is 0 Å². The van der Waals surface area contributed by atoms with Gasteiger partial charge in [0.15, 0.2) is 5.96 Å². The Balaban J connectivity index is 1.43. The van der Waals surface area contributed by atoms with Crippen LogP contribution in [0.15, 0.2) is 53.5 Å². The first-order valence-electron chi connectivity index (χ1n) is 10.3. The summed E-state index contributed by atoms with van der Waals surface area (Å²) < 4.78 is 10.8. The molecule has 1 aliphatic rings. The maximum absolute atomic E-state index is 5.77. The molecule has 29 heavy (non-hydrogen) atoms. The average molecular weight is 397 g/mol. The van der Waals surface area contributed by atoms with E-state index in [0.29, 0.717) is 13.2 Å². The Bertz CT molecular complexity index is 794. The molecule has 0 fully saturated rings. The average Bonchev–Trinajstić information content (AvgIpc) is 2.76. The predicted molar refractivity (Wildman–Crippen MR) is 119 cm³/mol. The Labute approximate surface area is 173 Å². The Morgan fingerprint density at radius 2 is 1.97 bits per heavy atom. The second-order valence-corrected chi connectivity index (χ2v) is 7.14. The van der Waals surface area contributed by atoms with E-state index in [4.69, 9.17) is 9.47 Å². The van der Waals surface area contributed by atoms with E-state index in [1.807, 2.05) is 24.3 Å². The molecule has 0 aliphatic carbocycles. The number of hydrogen-bond acceptors (Lipinski definition) is 4. The third kappa shape index (κ3) is 6.76. The maximum Gasteiger partial charge on any atom is 0.195 e. The lowest BCUT2D eigenvalue weighted by atomic mass is 10.00. The van der Waals surface area contributed by atoms with Gasteiger partial charge in [0, 0.05) is 65.1 Å². The summed E-state index contributed by atoms with van der Waals surface area (Å²) in [4.78, 5) is 6.82. The van der Waals surface area contributed by atoms with Crippen LogP contribution in [-0.2, 0) is 17.7 Å². The molecule has 0 unspecified atom stereocenters. The molecule has 0 radical (unpaired) electrons. The van der Waals surface area contributed by atoms with Crippen LogP contribution in [-0.4, -0.2) is 57.9 Å². The first-order valence-corrected chi connectivity index (χ1v) is 10.3. The molecule has 0 spiro atoms. The smallest absolute Gasteiger partial charge is 0.195 e. The van der Waals surface area contributed by atoms with Crippen molar-refractivity contribution in [1.29, 1.82) is 0 Å². The Morgan fingerprint density at radius 1 is 1.10 bits per heavy atom. The molecule has 2 aromatic carbocycles. The molecule has 0 bridgehead atoms. The summed E-state index contributed by atoms with van der Waals surface area (Å²) in [6.45, 7) is 5.30. The third-order valence-corrected chi connectivity index (χ3v) is 5.01. The van der Waals surface area contributed by atoms with E-state index < -0.39 is 0 Å². The van der Waals surface area contributed by atoms with E-state index in [0.717, 1.165) is 56.4 Å². The van der Waals surface area contributed by atoms with Gasteiger partial charge in [0.05, 0.1) is 6.61 Å². The number of rotatable bonds is 9. The molecule has 6 nitrogen and oxygen atoms in total. The Kier molecular flexibility index (Phi) is 8.34. The number of guanidine groups is 1. The topological polar surface area (TPSA) is 58.1 Å². The van der Waals surface area contributed by atoms with Gasteiger partial charge >= 0.3 is 0 Å². The van der Waals surface area contributed by atoms with E-state index in [9.17, 15) is 0 Å². The summed E-state index contributed by atoms with van der Waals surface area (Å²) in [5.74, 6) is 1.60. The lowest BCUT2D eigenvalue weighted by molar-refractivity contribution is 0.172. The molecule has 0 aromatic heterocycles. The number of hydrogen-bond donors (Lipinski definition) is 2. The molecule has 0 atom stereocenters. The van der Waals surface area contributed by atoms with Gasteiger partial charge in [-0.2, -0.15) is 0 Å².